The molecule has 3 heteroatoms. The van der Waals surface area contributed by atoms with Crippen molar-refractivity contribution in [3.8, 4) is 0 Å². The van der Waals surface area contributed by atoms with E-state index in [9.17, 15) is 4.79 Å². The lowest BCUT2D eigenvalue weighted by atomic mass is 10.2. The van der Waals surface area contributed by atoms with E-state index in [-0.39, 0.29) is 6.04 Å². The normalized spacial score (nSPS) is 12.3. The minimum Gasteiger partial charge on any atom is -0.501 e. The van der Waals surface area contributed by atoms with Gasteiger partial charge in [-0.1, -0.05) is 44.9 Å². The second kappa shape index (κ2) is 15.5. The molecule has 0 aliphatic heterocycles. The van der Waals surface area contributed by atoms with E-state index in [2.05, 4.69) is 25.7 Å². The monoisotopic (exact) mass is 253 g/mol. The van der Waals surface area contributed by atoms with Gasteiger partial charge >= 0.3 is 0 Å². The van der Waals surface area contributed by atoms with E-state index in [1.165, 1.54) is 12.8 Å². The second-order valence-corrected chi connectivity index (χ2v) is 3.79. The first kappa shape index (κ1) is 18.8. The number of hydrogen-bond acceptors (Lipinski definition) is 2. The number of carbonyl (C=O) groups is 1. The average Bonchev–Trinajstić information content (AvgIpc) is 2.38. The molecule has 0 aromatic rings. The fourth-order valence-electron chi connectivity index (χ4n) is 0.854. The minimum atomic E-state index is 0.0330. The van der Waals surface area contributed by atoms with E-state index < -0.39 is 0 Å². The van der Waals surface area contributed by atoms with Crippen LogP contribution in [0.1, 0.15) is 40.0 Å². The molecular weight excluding hydrogens is 226 g/mol. The Labute approximate surface area is 112 Å². The van der Waals surface area contributed by atoms with Gasteiger partial charge in [0.25, 0.3) is 0 Å². The summed E-state index contributed by atoms with van der Waals surface area (Å²) < 4.78 is 5.08. The molecule has 0 aliphatic carbocycles. The second-order valence-electron chi connectivity index (χ2n) is 3.79. The fraction of sp³-hybridized carbons (Fsp3) is 0.533. The van der Waals surface area contributed by atoms with Gasteiger partial charge in [-0.15, -0.1) is 6.58 Å². The zero-order valence-corrected chi connectivity index (χ0v) is 12.1. The molecule has 1 amide bonds. The van der Waals surface area contributed by atoms with Gasteiger partial charge in [0.05, 0.1) is 12.9 Å². The fourth-order valence-corrected chi connectivity index (χ4v) is 0.854. The van der Waals surface area contributed by atoms with Crippen molar-refractivity contribution in [3.05, 3.63) is 36.6 Å². The molecule has 3 nitrogen and oxygen atoms in total. The van der Waals surface area contributed by atoms with Crippen molar-refractivity contribution in [1.29, 1.82) is 0 Å². The van der Waals surface area contributed by atoms with Gasteiger partial charge in [-0.05, 0) is 13.0 Å². The molecule has 104 valence electrons. The summed E-state index contributed by atoms with van der Waals surface area (Å²) in [4.78, 5) is 10.1. The Morgan fingerprint density at radius 3 is 2.39 bits per heavy atom. The number of nitrogens with one attached hydrogen (secondary N) is 1. The molecule has 0 fully saturated rings. The molecule has 0 bridgehead atoms. The standard InChI is InChI=1S/C11H17NO2.C4H10/c1-4-6-11(14-3)8-5-7-10(2)12-9-13;1-3-4-2/h4-5,7-10H,1,6H2,2-3H3,(H,12,13);3-4H2,1-2H3/b7-5-,11-8+;. The van der Waals surface area contributed by atoms with E-state index in [0.717, 1.165) is 5.76 Å². The molecule has 18 heavy (non-hydrogen) atoms. The van der Waals surface area contributed by atoms with E-state index in [0.29, 0.717) is 12.8 Å². The summed E-state index contributed by atoms with van der Waals surface area (Å²) in [5, 5.41) is 2.61. The van der Waals surface area contributed by atoms with Crippen LogP contribution in [0.4, 0.5) is 0 Å². The van der Waals surface area contributed by atoms with Gasteiger partial charge in [0.1, 0.15) is 0 Å². The smallest absolute Gasteiger partial charge is 0.207 e. The first-order valence-electron chi connectivity index (χ1n) is 6.38. The number of methoxy groups -OCH3 is 1. The van der Waals surface area contributed by atoms with Crippen LogP contribution in [0.25, 0.3) is 0 Å². The Balaban J connectivity index is 0. The summed E-state index contributed by atoms with van der Waals surface area (Å²) in [5.41, 5.74) is 0. The number of carbonyl (C=O) groups excluding carboxylic acids is 1. The van der Waals surface area contributed by atoms with E-state index in [1.807, 2.05) is 25.2 Å². The van der Waals surface area contributed by atoms with Crippen LogP contribution < -0.4 is 5.32 Å². The summed E-state index contributed by atoms with van der Waals surface area (Å²) in [7, 11) is 1.62. The van der Waals surface area contributed by atoms with Crippen molar-refractivity contribution in [3.63, 3.8) is 0 Å². The predicted octanol–water partition coefficient (Wildman–Crippen LogP) is 3.59. The van der Waals surface area contributed by atoms with Gasteiger partial charge in [0.2, 0.25) is 6.41 Å². The van der Waals surface area contributed by atoms with Gasteiger partial charge in [0.15, 0.2) is 0 Å². The number of amides is 1. The molecule has 0 heterocycles. The molecule has 0 rings (SSSR count). The van der Waals surface area contributed by atoms with E-state index in [4.69, 9.17) is 4.74 Å². The van der Waals surface area contributed by atoms with Crippen LogP contribution in [-0.4, -0.2) is 19.6 Å². The highest BCUT2D eigenvalue weighted by atomic mass is 16.5. The van der Waals surface area contributed by atoms with Crippen LogP contribution in [-0.2, 0) is 9.53 Å². The number of allylic oxidation sites excluding steroid dienone is 3. The summed E-state index contributed by atoms with van der Waals surface area (Å²) in [6.45, 7) is 9.87. The van der Waals surface area contributed by atoms with E-state index >= 15 is 0 Å². The zero-order chi connectivity index (χ0) is 14.2. The van der Waals surface area contributed by atoms with Gasteiger partial charge in [0, 0.05) is 12.5 Å². The number of hydrogen-bond donors (Lipinski definition) is 1. The van der Waals surface area contributed by atoms with Crippen LogP contribution in [0.2, 0.25) is 0 Å². The predicted molar refractivity (Wildman–Crippen MR) is 78.3 cm³/mol. The molecular formula is C15H27NO2. The van der Waals surface area contributed by atoms with E-state index in [1.54, 1.807) is 13.2 Å². The molecule has 1 unspecified atom stereocenters. The maximum absolute atomic E-state index is 10.1. The molecule has 0 spiro atoms. The quantitative estimate of drug-likeness (QED) is 0.311. The zero-order valence-electron chi connectivity index (χ0n) is 12.1. The van der Waals surface area contributed by atoms with Gasteiger partial charge < -0.3 is 10.1 Å². The number of ether oxygens (including phenoxy) is 1. The Kier molecular flexibility index (Phi) is 16.2. The van der Waals surface area contributed by atoms with Crippen molar-refractivity contribution in [1.82, 2.24) is 5.32 Å². The van der Waals surface area contributed by atoms with Gasteiger partial charge in [-0.3, -0.25) is 4.79 Å². The SMILES string of the molecule is C=CC/C(=C\C=C/C(C)NC=O)OC.CCCC. The molecule has 0 aliphatic rings. The Hall–Kier alpha value is -1.51. The van der Waals surface area contributed by atoms with Crippen LogP contribution in [0.5, 0.6) is 0 Å². The lowest BCUT2D eigenvalue weighted by Crippen LogP contribution is -2.21. The molecule has 1 N–H and O–H groups in total. The lowest BCUT2D eigenvalue weighted by Gasteiger charge is -2.02. The highest BCUT2D eigenvalue weighted by molar-refractivity contribution is 5.47. The summed E-state index contributed by atoms with van der Waals surface area (Å²) in [6.07, 6.45) is 11.4. The van der Waals surface area contributed by atoms with Gasteiger partial charge in [-0.2, -0.15) is 0 Å². The maximum atomic E-state index is 10.1. The van der Waals surface area contributed by atoms with Crippen molar-refractivity contribution < 1.29 is 9.53 Å². The highest BCUT2D eigenvalue weighted by Gasteiger charge is 1.91. The first-order valence-corrected chi connectivity index (χ1v) is 6.38. The Bertz CT molecular complexity index is 255. The molecule has 0 aromatic heterocycles. The molecule has 0 radical (unpaired) electrons. The maximum Gasteiger partial charge on any atom is 0.207 e. The summed E-state index contributed by atoms with van der Waals surface area (Å²) >= 11 is 0. The van der Waals surface area contributed by atoms with Crippen molar-refractivity contribution in [2.24, 2.45) is 0 Å². The van der Waals surface area contributed by atoms with Crippen LogP contribution in [0.15, 0.2) is 36.6 Å². The number of rotatable bonds is 8. The van der Waals surface area contributed by atoms with Gasteiger partial charge in [-0.25, -0.2) is 0 Å². The molecule has 0 aromatic carbocycles. The first-order chi connectivity index (χ1) is 8.65. The minimum absolute atomic E-state index is 0.0330. The summed E-state index contributed by atoms with van der Waals surface area (Å²) in [6, 6.07) is 0.0330. The van der Waals surface area contributed by atoms with Crippen LogP contribution in [0, 0.1) is 0 Å². The molecule has 0 saturated carbocycles. The Morgan fingerprint density at radius 2 is 2.00 bits per heavy atom. The third-order valence-electron chi connectivity index (χ3n) is 2.12. The highest BCUT2D eigenvalue weighted by Crippen LogP contribution is 2.02. The lowest BCUT2D eigenvalue weighted by molar-refractivity contribution is -0.109. The number of unbranched alkanes of at least 4 members (excludes halogenated alkanes) is 1. The molecule has 0 saturated heterocycles. The van der Waals surface area contributed by atoms with Crippen molar-refractivity contribution in [2.45, 2.75) is 46.1 Å². The largest absolute Gasteiger partial charge is 0.501 e. The summed E-state index contributed by atoms with van der Waals surface area (Å²) in [5.74, 6) is 0.842. The topological polar surface area (TPSA) is 38.3 Å². The van der Waals surface area contributed by atoms with Crippen LogP contribution in [0.3, 0.4) is 0 Å². The van der Waals surface area contributed by atoms with Crippen LogP contribution >= 0.6 is 0 Å². The molecule has 1 atom stereocenters. The van der Waals surface area contributed by atoms with Crippen molar-refractivity contribution in [2.75, 3.05) is 7.11 Å². The average molecular weight is 253 g/mol. The van der Waals surface area contributed by atoms with Crippen molar-refractivity contribution >= 4 is 6.41 Å². The third kappa shape index (κ3) is 14.5. The Morgan fingerprint density at radius 1 is 1.39 bits per heavy atom. The third-order valence-corrected chi connectivity index (χ3v) is 2.12.